The van der Waals surface area contributed by atoms with Gasteiger partial charge in [0.2, 0.25) is 5.13 Å². The second-order valence-electron chi connectivity index (χ2n) is 4.69. The van der Waals surface area contributed by atoms with E-state index < -0.39 is 0 Å². The fourth-order valence-electron chi connectivity index (χ4n) is 1.88. The van der Waals surface area contributed by atoms with Gasteiger partial charge in [-0.05, 0) is 31.2 Å². The maximum atomic E-state index is 6.04. The number of rotatable bonds is 4. The summed E-state index contributed by atoms with van der Waals surface area (Å²) < 4.78 is 0. The average Bonchev–Trinajstić information content (AvgIpc) is 3.05. The molecule has 0 saturated carbocycles. The number of hydrogen-bond donors (Lipinski definition) is 1. The molecule has 0 bridgehead atoms. The van der Waals surface area contributed by atoms with Gasteiger partial charge in [0.1, 0.15) is 0 Å². The number of pyridine rings is 1. The molecule has 7 heteroatoms. The molecule has 2 heterocycles. The van der Waals surface area contributed by atoms with Crippen LogP contribution < -0.4 is 5.43 Å². The highest BCUT2D eigenvalue weighted by molar-refractivity contribution is 7.14. The van der Waals surface area contributed by atoms with Gasteiger partial charge >= 0.3 is 0 Å². The lowest BCUT2D eigenvalue weighted by molar-refractivity contribution is 1.23. The predicted octanol–water partition coefficient (Wildman–Crippen LogP) is 5.35. The SMILES string of the molecule is C/C(=N\Nc1nc(-c2ccc(Cl)c(Cl)c2)cs1)c1ccccn1. The molecular weight excluding hydrogens is 351 g/mol. The molecule has 3 aromatic rings. The van der Waals surface area contributed by atoms with E-state index in [0.29, 0.717) is 15.2 Å². The zero-order valence-corrected chi connectivity index (χ0v) is 14.5. The first-order valence-corrected chi connectivity index (χ1v) is 8.39. The third-order valence-electron chi connectivity index (χ3n) is 3.07. The first kappa shape index (κ1) is 15.9. The number of thiazole rings is 1. The van der Waals surface area contributed by atoms with Crippen molar-refractivity contribution in [2.45, 2.75) is 6.92 Å². The molecule has 3 rings (SSSR count). The van der Waals surface area contributed by atoms with E-state index in [4.69, 9.17) is 23.2 Å². The van der Waals surface area contributed by atoms with Gasteiger partial charge in [-0.15, -0.1) is 11.3 Å². The first-order chi connectivity index (χ1) is 11.1. The molecule has 0 saturated heterocycles. The molecule has 0 fully saturated rings. The summed E-state index contributed by atoms with van der Waals surface area (Å²) in [5, 5.41) is 7.98. The maximum absolute atomic E-state index is 6.04. The summed E-state index contributed by atoms with van der Waals surface area (Å²) in [6.07, 6.45) is 1.74. The molecule has 1 aromatic carbocycles. The number of halogens is 2. The van der Waals surface area contributed by atoms with E-state index in [9.17, 15) is 0 Å². The Bertz CT molecular complexity index is 846. The van der Waals surface area contributed by atoms with Gasteiger partial charge in [0, 0.05) is 17.1 Å². The van der Waals surface area contributed by atoms with Gasteiger partial charge in [-0.25, -0.2) is 4.98 Å². The fraction of sp³-hybridized carbons (Fsp3) is 0.0625. The van der Waals surface area contributed by atoms with Crippen molar-refractivity contribution in [3.63, 3.8) is 0 Å². The van der Waals surface area contributed by atoms with Crippen molar-refractivity contribution < 1.29 is 0 Å². The Kier molecular flexibility index (Phi) is 4.91. The van der Waals surface area contributed by atoms with Crippen LogP contribution in [0.4, 0.5) is 5.13 Å². The fourth-order valence-corrected chi connectivity index (χ4v) is 2.84. The molecule has 23 heavy (non-hydrogen) atoms. The van der Waals surface area contributed by atoms with E-state index in [2.05, 4.69) is 20.5 Å². The van der Waals surface area contributed by atoms with Gasteiger partial charge in [-0.3, -0.25) is 10.4 Å². The van der Waals surface area contributed by atoms with Crippen LogP contribution in [0, 0.1) is 0 Å². The summed E-state index contributed by atoms with van der Waals surface area (Å²) in [6.45, 7) is 1.89. The van der Waals surface area contributed by atoms with Crippen molar-refractivity contribution in [3.05, 3.63) is 63.7 Å². The van der Waals surface area contributed by atoms with Crippen LogP contribution in [0.15, 0.2) is 53.1 Å². The van der Waals surface area contributed by atoms with E-state index >= 15 is 0 Å². The van der Waals surface area contributed by atoms with E-state index in [-0.39, 0.29) is 0 Å². The van der Waals surface area contributed by atoms with Crippen LogP contribution in [-0.4, -0.2) is 15.7 Å². The van der Waals surface area contributed by atoms with Crippen molar-refractivity contribution >= 4 is 45.4 Å². The Morgan fingerprint density at radius 1 is 1.17 bits per heavy atom. The first-order valence-electron chi connectivity index (χ1n) is 6.76. The van der Waals surface area contributed by atoms with Gasteiger partial charge in [0.15, 0.2) is 0 Å². The number of nitrogens with one attached hydrogen (secondary N) is 1. The van der Waals surface area contributed by atoms with E-state index in [1.807, 2.05) is 36.6 Å². The highest BCUT2D eigenvalue weighted by Gasteiger charge is 2.07. The van der Waals surface area contributed by atoms with E-state index in [0.717, 1.165) is 22.7 Å². The van der Waals surface area contributed by atoms with E-state index in [1.54, 1.807) is 18.3 Å². The normalized spacial score (nSPS) is 11.5. The lowest BCUT2D eigenvalue weighted by Gasteiger charge is -2.00. The number of hydrazone groups is 1. The van der Waals surface area contributed by atoms with E-state index in [1.165, 1.54) is 11.3 Å². The third kappa shape index (κ3) is 3.88. The summed E-state index contributed by atoms with van der Waals surface area (Å²) in [5.41, 5.74) is 6.30. The molecular formula is C16H12Cl2N4S. The average molecular weight is 363 g/mol. The highest BCUT2D eigenvalue weighted by Crippen LogP contribution is 2.30. The molecule has 0 aliphatic rings. The van der Waals surface area contributed by atoms with Crippen molar-refractivity contribution in [1.82, 2.24) is 9.97 Å². The summed E-state index contributed by atoms with van der Waals surface area (Å²) in [6, 6.07) is 11.1. The van der Waals surface area contributed by atoms with Crippen molar-refractivity contribution in [3.8, 4) is 11.3 Å². The van der Waals surface area contributed by atoms with Crippen LogP contribution in [0.5, 0.6) is 0 Å². The lowest BCUT2D eigenvalue weighted by Crippen LogP contribution is -2.01. The zero-order valence-electron chi connectivity index (χ0n) is 12.1. The lowest BCUT2D eigenvalue weighted by atomic mass is 10.2. The molecule has 116 valence electrons. The molecule has 1 N–H and O–H groups in total. The minimum atomic E-state index is 0.510. The minimum Gasteiger partial charge on any atom is -0.255 e. The smallest absolute Gasteiger partial charge is 0.203 e. The van der Waals surface area contributed by atoms with Crippen LogP contribution in [0.1, 0.15) is 12.6 Å². The molecule has 4 nitrogen and oxygen atoms in total. The van der Waals surface area contributed by atoms with Crippen LogP contribution in [-0.2, 0) is 0 Å². The molecule has 0 amide bonds. The summed E-state index contributed by atoms with van der Waals surface area (Å²) in [5.74, 6) is 0. The second-order valence-corrected chi connectivity index (χ2v) is 6.36. The molecule has 0 unspecified atom stereocenters. The Hall–Kier alpha value is -1.95. The number of hydrogen-bond acceptors (Lipinski definition) is 5. The van der Waals surface area contributed by atoms with Crippen LogP contribution in [0.2, 0.25) is 10.0 Å². The molecule has 0 spiro atoms. The topological polar surface area (TPSA) is 50.2 Å². The maximum Gasteiger partial charge on any atom is 0.203 e. The standard InChI is InChI=1S/C16H12Cl2N4S/c1-10(14-4-2-3-7-19-14)21-22-16-20-15(9-23-16)11-5-6-12(17)13(18)8-11/h2-9H,1H3,(H,20,22)/b21-10+. The number of anilines is 1. The minimum absolute atomic E-state index is 0.510. The molecule has 0 atom stereocenters. The van der Waals surface area contributed by atoms with Crippen LogP contribution in [0.25, 0.3) is 11.3 Å². The molecule has 0 aliphatic heterocycles. The Balaban J connectivity index is 1.76. The van der Waals surface area contributed by atoms with Crippen molar-refractivity contribution in [2.24, 2.45) is 5.10 Å². The van der Waals surface area contributed by atoms with Crippen molar-refractivity contribution in [1.29, 1.82) is 0 Å². The summed E-state index contributed by atoms with van der Waals surface area (Å²) in [7, 11) is 0. The largest absolute Gasteiger partial charge is 0.255 e. The number of benzene rings is 1. The summed E-state index contributed by atoms with van der Waals surface area (Å²) >= 11 is 13.4. The van der Waals surface area contributed by atoms with Crippen LogP contribution in [0.3, 0.4) is 0 Å². The molecule has 0 aliphatic carbocycles. The van der Waals surface area contributed by atoms with Gasteiger partial charge in [0.25, 0.3) is 0 Å². The van der Waals surface area contributed by atoms with Gasteiger partial charge in [-0.2, -0.15) is 5.10 Å². The van der Waals surface area contributed by atoms with Gasteiger partial charge in [-0.1, -0.05) is 35.3 Å². The monoisotopic (exact) mass is 362 g/mol. The summed E-state index contributed by atoms with van der Waals surface area (Å²) in [4.78, 5) is 8.74. The Labute approximate surface area is 147 Å². The van der Waals surface area contributed by atoms with Crippen molar-refractivity contribution in [2.75, 3.05) is 5.43 Å². The second kappa shape index (κ2) is 7.08. The zero-order chi connectivity index (χ0) is 16.2. The number of aromatic nitrogens is 2. The predicted molar refractivity (Wildman–Crippen MR) is 97.6 cm³/mol. The molecule has 0 radical (unpaired) electrons. The van der Waals surface area contributed by atoms with Gasteiger partial charge in [0.05, 0.1) is 27.1 Å². The number of nitrogens with zero attached hydrogens (tertiary/aromatic N) is 3. The quantitative estimate of drug-likeness (QED) is 0.502. The van der Waals surface area contributed by atoms with Crippen LogP contribution >= 0.6 is 34.5 Å². The Morgan fingerprint density at radius 2 is 2.04 bits per heavy atom. The highest BCUT2D eigenvalue weighted by atomic mass is 35.5. The van der Waals surface area contributed by atoms with Gasteiger partial charge < -0.3 is 0 Å². The molecule has 2 aromatic heterocycles. The Morgan fingerprint density at radius 3 is 2.78 bits per heavy atom. The third-order valence-corrected chi connectivity index (χ3v) is 4.56.